The highest BCUT2D eigenvalue weighted by Crippen LogP contribution is 2.33. The average molecular weight is 344 g/mol. The summed E-state index contributed by atoms with van der Waals surface area (Å²) in [4.78, 5) is 26.0. The molecule has 0 aromatic carbocycles. The summed E-state index contributed by atoms with van der Waals surface area (Å²) in [6, 6.07) is 2.10. The molecule has 2 aromatic rings. The molecule has 24 heavy (non-hydrogen) atoms. The fourth-order valence-electron chi connectivity index (χ4n) is 3.28. The van der Waals surface area contributed by atoms with Gasteiger partial charge in [0.05, 0.1) is 18.2 Å². The van der Waals surface area contributed by atoms with E-state index in [1.165, 1.54) is 0 Å². The van der Waals surface area contributed by atoms with Crippen molar-refractivity contribution >= 4 is 17.2 Å². The zero-order valence-electron chi connectivity index (χ0n) is 14.5. The molecule has 2 aromatic heterocycles. The number of hydrogen-bond acceptors (Lipinski definition) is 5. The van der Waals surface area contributed by atoms with Crippen LogP contribution in [0.1, 0.15) is 41.5 Å². The van der Waals surface area contributed by atoms with E-state index in [2.05, 4.69) is 15.3 Å². The lowest BCUT2D eigenvalue weighted by atomic mass is 10.0. The van der Waals surface area contributed by atoms with Gasteiger partial charge in [-0.3, -0.25) is 4.79 Å². The van der Waals surface area contributed by atoms with E-state index in [4.69, 9.17) is 4.98 Å². The van der Waals surface area contributed by atoms with Gasteiger partial charge in [0.25, 0.3) is 0 Å². The SMILES string of the molecule is Cc1ncc(CN(C)C)c(C2CCCN2C(=O)Cc2ccsc2)n1. The van der Waals surface area contributed by atoms with Crippen LogP contribution in [0.5, 0.6) is 0 Å². The number of thiophene rings is 1. The van der Waals surface area contributed by atoms with Crippen molar-refractivity contribution in [3.63, 3.8) is 0 Å². The minimum atomic E-state index is 0.0767. The Balaban J connectivity index is 1.84. The molecule has 0 aliphatic carbocycles. The topological polar surface area (TPSA) is 49.3 Å². The second kappa shape index (κ2) is 7.40. The summed E-state index contributed by atoms with van der Waals surface area (Å²) in [5.41, 5.74) is 3.24. The standard InChI is InChI=1S/C18H24N4OS/c1-13-19-10-15(11-21(2)3)18(20-13)16-5-4-7-22(16)17(23)9-14-6-8-24-12-14/h6,8,10,12,16H,4-5,7,9,11H2,1-3H3. The fourth-order valence-corrected chi connectivity index (χ4v) is 3.95. The van der Waals surface area contributed by atoms with Gasteiger partial charge >= 0.3 is 0 Å². The van der Waals surface area contributed by atoms with Gasteiger partial charge < -0.3 is 9.80 Å². The van der Waals surface area contributed by atoms with Crippen LogP contribution in [0.15, 0.2) is 23.0 Å². The first-order chi connectivity index (χ1) is 11.5. The number of likely N-dealkylation sites (tertiary alicyclic amines) is 1. The molecule has 1 aliphatic rings. The first kappa shape index (κ1) is 17.0. The number of nitrogens with zero attached hydrogens (tertiary/aromatic N) is 4. The van der Waals surface area contributed by atoms with E-state index < -0.39 is 0 Å². The predicted molar refractivity (Wildman–Crippen MR) is 95.9 cm³/mol. The highest BCUT2D eigenvalue weighted by Gasteiger charge is 2.32. The Morgan fingerprint density at radius 2 is 2.29 bits per heavy atom. The van der Waals surface area contributed by atoms with Crippen LogP contribution in [0.3, 0.4) is 0 Å². The maximum Gasteiger partial charge on any atom is 0.227 e. The molecule has 1 aliphatic heterocycles. The van der Waals surface area contributed by atoms with E-state index >= 15 is 0 Å². The molecule has 1 unspecified atom stereocenters. The van der Waals surface area contributed by atoms with Crippen LogP contribution in [0.25, 0.3) is 0 Å². The Hall–Kier alpha value is -1.79. The third-order valence-corrected chi connectivity index (χ3v) is 5.06. The van der Waals surface area contributed by atoms with Crippen molar-refractivity contribution < 1.29 is 4.79 Å². The van der Waals surface area contributed by atoms with Crippen molar-refractivity contribution in [1.82, 2.24) is 19.8 Å². The van der Waals surface area contributed by atoms with Gasteiger partial charge in [-0.2, -0.15) is 11.3 Å². The summed E-state index contributed by atoms with van der Waals surface area (Å²) in [7, 11) is 4.08. The van der Waals surface area contributed by atoms with Crippen LogP contribution in [-0.2, 0) is 17.8 Å². The van der Waals surface area contributed by atoms with Crippen LogP contribution in [0, 0.1) is 6.92 Å². The van der Waals surface area contributed by atoms with Crippen molar-refractivity contribution in [1.29, 1.82) is 0 Å². The first-order valence-corrected chi connectivity index (χ1v) is 9.26. The smallest absolute Gasteiger partial charge is 0.227 e. The molecular formula is C18H24N4OS. The second-order valence-corrected chi connectivity index (χ2v) is 7.40. The summed E-state index contributed by atoms with van der Waals surface area (Å²) >= 11 is 1.64. The molecular weight excluding hydrogens is 320 g/mol. The molecule has 0 radical (unpaired) electrons. The number of carbonyl (C=O) groups is 1. The third-order valence-electron chi connectivity index (χ3n) is 4.33. The van der Waals surface area contributed by atoms with Gasteiger partial charge in [0.2, 0.25) is 5.91 Å². The van der Waals surface area contributed by atoms with E-state index in [-0.39, 0.29) is 11.9 Å². The highest BCUT2D eigenvalue weighted by molar-refractivity contribution is 7.08. The zero-order valence-corrected chi connectivity index (χ0v) is 15.3. The van der Waals surface area contributed by atoms with Gasteiger partial charge in [0.1, 0.15) is 5.82 Å². The summed E-state index contributed by atoms with van der Waals surface area (Å²) < 4.78 is 0. The Kier molecular flexibility index (Phi) is 5.26. The van der Waals surface area contributed by atoms with Crippen LogP contribution in [-0.4, -0.2) is 46.3 Å². The van der Waals surface area contributed by atoms with Gasteiger partial charge in [0.15, 0.2) is 0 Å². The van der Waals surface area contributed by atoms with Crippen molar-refractivity contribution in [3.05, 3.63) is 45.7 Å². The number of aromatic nitrogens is 2. The largest absolute Gasteiger partial charge is 0.334 e. The van der Waals surface area contributed by atoms with E-state index in [1.807, 2.05) is 43.6 Å². The third kappa shape index (κ3) is 3.82. The minimum absolute atomic E-state index is 0.0767. The minimum Gasteiger partial charge on any atom is -0.334 e. The van der Waals surface area contributed by atoms with Gasteiger partial charge in [-0.15, -0.1) is 0 Å². The van der Waals surface area contributed by atoms with Gasteiger partial charge in [-0.25, -0.2) is 9.97 Å². The maximum absolute atomic E-state index is 12.8. The van der Waals surface area contributed by atoms with Gasteiger partial charge in [-0.05, 0) is 56.3 Å². The predicted octanol–water partition coefficient (Wildman–Crippen LogP) is 2.81. The highest BCUT2D eigenvalue weighted by atomic mass is 32.1. The normalized spacial score (nSPS) is 17.7. The zero-order chi connectivity index (χ0) is 17.1. The summed E-state index contributed by atoms with van der Waals surface area (Å²) in [6.45, 7) is 3.52. The summed E-state index contributed by atoms with van der Waals surface area (Å²) in [5, 5.41) is 4.07. The van der Waals surface area contributed by atoms with E-state index in [9.17, 15) is 4.79 Å². The van der Waals surface area contributed by atoms with Crippen LogP contribution < -0.4 is 0 Å². The van der Waals surface area contributed by atoms with Crippen LogP contribution in [0.4, 0.5) is 0 Å². The molecule has 0 bridgehead atoms. The number of aryl methyl sites for hydroxylation is 1. The quantitative estimate of drug-likeness (QED) is 0.837. The molecule has 0 spiro atoms. The number of hydrogen-bond donors (Lipinski definition) is 0. The molecule has 1 atom stereocenters. The molecule has 3 rings (SSSR count). The molecule has 1 fully saturated rings. The molecule has 1 saturated heterocycles. The lowest BCUT2D eigenvalue weighted by Gasteiger charge is -2.26. The van der Waals surface area contributed by atoms with Crippen LogP contribution >= 0.6 is 11.3 Å². The van der Waals surface area contributed by atoms with E-state index in [0.29, 0.717) is 6.42 Å². The number of carbonyl (C=O) groups excluding carboxylic acids is 1. The molecule has 3 heterocycles. The monoisotopic (exact) mass is 344 g/mol. The van der Waals surface area contributed by atoms with Crippen molar-refractivity contribution in [2.75, 3.05) is 20.6 Å². The molecule has 0 N–H and O–H groups in total. The fraction of sp³-hybridized carbons (Fsp3) is 0.500. The molecule has 0 saturated carbocycles. The molecule has 6 heteroatoms. The Bertz CT molecular complexity index is 699. The van der Waals surface area contributed by atoms with Crippen molar-refractivity contribution in [3.8, 4) is 0 Å². The van der Waals surface area contributed by atoms with Crippen LogP contribution in [0.2, 0.25) is 0 Å². The summed E-state index contributed by atoms with van der Waals surface area (Å²) in [5.74, 6) is 0.965. The van der Waals surface area contributed by atoms with Crippen molar-refractivity contribution in [2.45, 2.75) is 38.8 Å². The van der Waals surface area contributed by atoms with Gasteiger partial charge in [0, 0.05) is 24.8 Å². The lowest BCUT2D eigenvalue weighted by molar-refractivity contribution is -0.131. The number of amides is 1. The maximum atomic E-state index is 12.8. The summed E-state index contributed by atoms with van der Waals surface area (Å²) in [6.07, 6.45) is 4.40. The van der Waals surface area contributed by atoms with Crippen molar-refractivity contribution in [2.24, 2.45) is 0 Å². The Labute approximate surface area is 147 Å². The first-order valence-electron chi connectivity index (χ1n) is 8.32. The average Bonchev–Trinajstić information content (AvgIpc) is 3.19. The van der Waals surface area contributed by atoms with Gasteiger partial charge in [-0.1, -0.05) is 0 Å². The Morgan fingerprint density at radius 1 is 1.46 bits per heavy atom. The number of rotatable bonds is 5. The van der Waals surface area contributed by atoms with E-state index in [1.54, 1.807) is 11.3 Å². The lowest BCUT2D eigenvalue weighted by Crippen LogP contribution is -2.33. The molecule has 5 nitrogen and oxygen atoms in total. The second-order valence-electron chi connectivity index (χ2n) is 6.62. The molecule has 1 amide bonds. The molecule has 128 valence electrons. The Morgan fingerprint density at radius 3 is 3.00 bits per heavy atom. The van der Waals surface area contributed by atoms with E-state index in [0.717, 1.165) is 48.6 Å².